The van der Waals surface area contributed by atoms with Gasteiger partial charge in [0.05, 0.1) is 14.2 Å². The van der Waals surface area contributed by atoms with Gasteiger partial charge >= 0.3 is 0 Å². The van der Waals surface area contributed by atoms with Crippen molar-refractivity contribution in [2.24, 2.45) is 11.8 Å². The fraction of sp³-hybridized carbons (Fsp3) is 0.571. The summed E-state index contributed by atoms with van der Waals surface area (Å²) in [5, 5.41) is 0. The number of nitrogens with one attached hydrogen (secondary N) is 1. The van der Waals surface area contributed by atoms with Crippen LogP contribution in [0.15, 0.2) is 18.2 Å². The third-order valence-electron chi connectivity index (χ3n) is 3.05. The maximum atomic E-state index is 5.66. The molecule has 0 heterocycles. The predicted molar refractivity (Wildman–Crippen MR) is 73.7 cm³/mol. The molecule has 0 bridgehead atoms. The van der Waals surface area contributed by atoms with Gasteiger partial charge in [-0.15, -0.1) is 0 Å². The summed E-state index contributed by atoms with van der Waals surface area (Å²) >= 11 is 0. The Kier molecular flexibility index (Phi) is 5.95. The first kappa shape index (κ1) is 14.8. The second-order valence-electron chi connectivity index (χ2n) is 4.80. The molecule has 0 fully saturated rings. The monoisotopic (exact) mass is 252 g/mol. The third-order valence-corrected chi connectivity index (χ3v) is 3.05. The van der Waals surface area contributed by atoms with Gasteiger partial charge < -0.3 is 9.47 Å². The van der Waals surface area contributed by atoms with Crippen LogP contribution in [0, 0.1) is 5.92 Å². The molecule has 1 aromatic rings. The maximum absolute atomic E-state index is 5.66. The third kappa shape index (κ3) is 3.89. The van der Waals surface area contributed by atoms with Crippen LogP contribution < -0.4 is 20.7 Å². The van der Waals surface area contributed by atoms with E-state index in [1.165, 1.54) is 0 Å². The summed E-state index contributed by atoms with van der Waals surface area (Å²) in [7, 11) is 3.33. The molecule has 0 radical (unpaired) electrons. The van der Waals surface area contributed by atoms with Crippen molar-refractivity contribution in [2.45, 2.75) is 32.7 Å². The summed E-state index contributed by atoms with van der Waals surface area (Å²) in [5.74, 6) is 7.96. The second-order valence-corrected chi connectivity index (χ2v) is 4.80. The van der Waals surface area contributed by atoms with Gasteiger partial charge in [0, 0.05) is 11.6 Å². The molecule has 0 aliphatic rings. The van der Waals surface area contributed by atoms with Crippen LogP contribution in [-0.2, 0) is 0 Å². The lowest BCUT2D eigenvalue weighted by atomic mass is 9.97. The van der Waals surface area contributed by atoms with Gasteiger partial charge in [0.25, 0.3) is 0 Å². The predicted octanol–water partition coefficient (Wildman–Crippen LogP) is 2.64. The molecule has 0 aromatic heterocycles. The Balaban J connectivity index is 2.94. The number of methoxy groups -OCH3 is 2. The van der Waals surface area contributed by atoms with Gasteiger partial charge in [0.1, 0.15) is 11.5 Å². The van der Waals surface area contributed by atoms with Crippen LogP contribution in [0.5, 0.6) is 11.5 Å². The highest BCUT2D eigenvalue weighted by molar-refractivity contribution is 5.42. The van der Waals surface area contributed by atoms with E-state index in [-0.39, 0.29) is 6.04 Å². The van der Waals surface area contributed by atoms with Crippen LogP contribution in [0.1, 0.15) is 38.3 Å². The lowest BCUT2D eigenvalue weighted by Crippen LogP contribution is -2.28. The summed E-state index contributed by atoms with van der Waals surface area (Å²) in [4.78, 5) is 0. The molecule has 0 saturated heterocycles. The zero-order valence-electron chi connectivity index (χ0n) is 11.7. The van der Waals surface area contributed by atoms with Gasteiger partial charge in [0.15, 0.2) is 0 Å². The van der Waals surface area contributed by atoms with E-state index in [1.807, 2.05) is 18.2 Å². The van der Waals surface area contributed by atoms with Gasteiger partial charge in [-0.05, 0) is 37.0 Å². The molecule has 102 valence electrons. The van der Waals surface area contributed by atoms with Crippen molar-refractivity contribution < 1.29 is 9.47 Å². The lowest BCUT2D eigenvalue weighted by Gasteiger charge is -2.20. The standard InChI is InChI=1S/C14H24N2O2/c1-10(2)5-7-13(16-15)12-9-11(17-3)6-8-14(12)18-4/h6,8-10,13,16H,5,7,15H2,1-4H3. The molecule has 0 saturated carbocycles. The molecule has 4 heteroatoms. The first-order chi connectivity index (χ1) is 8.62. The zero-order valence-corrected chi connectivity index (χ0v) is 11.7. The summed E-state index contributed by atoms with van der Waals surface area (Å²) in [5.41, 5.74) is 3.91. The zero-order chi connectivity index (χ0) is 13.5. The largest absolute Gasteiger partial charge is 0.497 e. The van der Waals surface area contributed by atoms with Crippen molar-refractivity contribution in [3.05, 3.63) is 23.8 Å². The van der Waals surface area contributed by atoms with Gasteiger partial charge in [-0.1, -0.05) is 13.8 Å². The number of rotatable bonds is 7. The molecule has 1 aromatic carbocycles. The van der Waals surface area contributed by atoms with E-state index in [0.717, 1.165) is 29.9 Å². The number of ether oxygens (including phenoxy) is 2. The van der Waals surface area contributed by atoms with Gasteiger partial charge in [-0.2, -0.15) is 0 Å². The van der Waals surface area contributed by atoms with Crippen LogP contribution >= 0.6 is 0 Å². The summed E-state index contributed by atoms with van der Waals surface area (Å²) in [6.45, 7) is 4.41. The number of benzene rings is 1. The molecule has 18 heavy (non-hydrogen) atoms. The molecule has 0 aliphatic carbocycles. The van der Waals surface area contributed by atoms with Crippen LogP contribution in [0.4, 0.5) is 0 Å². The molecule has 1 rings (SSSR count). The van der Waals surface area contributed by atoms with Gasteiger partial charge in [0.2, 0.25) is 0 Å². The number of hydrogen-bond donors (Lipinski definition) is 2. The number of nitrogens with two attached hydrogens (primary N) is 1. The van der Waals surface area contributed by atoms with E-state index in [9.17, 15) is 0 Å². The molecule has 0 aliphatic heterocycles. The average Bonchev–Trinajstić information content (AvgIpc) is 2.38. The molecule has 0 amide bonds. The Morgan fingerprint density at radius 1 is 1.17 bits per heavy atom. The molecule has 3 N–H and O–H groups in total. The summed E-state index contributed by atoms with van der Waals surface area (Å²) in [6.07, 6.45) is 2.08. The van der Waals surface area contributed by atoms with Gasteiger partial charge in [-0.25, -0.2) is 0 Å². The lowest BCUT2D eigenvalue weighted by molar-refractivity contribution is 0.380. The van der Waals surface area contributed by atoms with E-state index in [0.29, 0.717) is 5.92 Å². The average molecular weight is 252 g/mol. The van der Waals surface area contributed by atoms with E-state index in [2.05, 4.69) is 19.3 Å². The molecule has 0 spiro atoms. The minimum absolute atomic E-state index is 0.0810. The van der Waals surface area contributed by atoms with Crippen molar-refractivity contribution in [1.29, 1.82) is 0 Å². The normalized spacial score (nSPS) is 12.6. The quantitative estimate of drug-likeness (QED) is 0.578. The minimum Gasteiger partial charge on any atom is -0.497 e. The van der Waals surface area contributed by atoms with Crippen molar-refractivity contribution in [1.82, 2.24) is 5.43 Å². The second kappa shape index (κ2) is 7.24. The highest BCUT2D eigenvalue weighted by Gasteiger charge is 2.16. The number of hydrazine groups is 1. The van der Waals surface area contributed by atoms with Crippen LogP contribution in [0.2, 0.25) is 0 Å². The maximum Gasteiger partial charge on any atom is 0.123 e. The first-order valence-corrected chi connectivity index (χ1v) is 6.30. The number of hydrogen-bond acceptors (Lipinski definition) is 4. The Labute approximate surface area is 109 Å². The highest BCUT2D eigenvalue weighted by Crippen LogP contribution is 2.31. The van der Waals surface area contributed by atoms with E-state index < -0.39 is 0 Å². The van der Waals surface area contributed by atoms with Gasteiger partial charge in [-0.3, -0.25) is 11.3 Å². The fourth-order valence-electron chi connectivity index (χ4n) is 1.94. The first-order valence-electron chi connectivity index (χ1n) is 6.30. The van der Waals surface area contributed by atoms with E-state index >= 15 is 0 Å². The van der Waals surface area contributed by atoms with Crippen molar-refractivity contribution >= 4 is 0 Å². The summed E-state index contributed by atoms with van der Waals surface area (Å²) < 4.78 is 10.6. The topological polar surface area (TPSA) is 56.5 Å². The van der Waals surface area contributed by atoms with Crippen LogP contribution in [0.25, 0.3) is 0 Å². The summed E-state index contributed by atoms with van der Waals surface area (Å²) in [6, 6.07) is 5.85. The fourth-order valence-corrected chi connectivity index (χ4v) is 1.94. The van der Waals surface area contributed by atoms with Crippen molar-refractivity contribution in [2.75, 3.05) is 14.2 Å². The molecular weight excluding hydrogens is 228 g/mol. The van der Waals surface area contributed by atoms with E-state index in [4.69, 9.17) is 15.3 Å². The Morgan fingerprint density at radius 3 is 2.39 bits per heavy atom. The SMILES string of the molecule is COc1ccc(OC)c(C(CCC(C)C)NN)c1. The Hall–Kier alpha value is -1.26. The molecule has 1 atom stereocenters. The van der Waals surface area contributed by atoms with Crippen LogP contribution in [0.3, 0.4) is 0 Å². The van der Waals surface area contributed by atoms with E-state index in [1.54, 1.807) is 14.2 Å². The Morgan fingerprint density at radius 2 is 1.89 bits per heavy atom. The smallest absolute Gasteiger partial charge is 0.123 e. The van der Waals surface area contributed by atoms with Crippen molar-refractivity contribution in [3.8, 4) is 11.5 Å². The Bertz CT molecular complexity index is 367. The van der Waals surface area contributed by atoms with Crippen molar-refractivity contribution in [3.63, 3.8) is 0 Å². The molecule has 4 nitrogen and oxygen atoms in total. The molecule has 1 unspecified atom stereocenters. The van der Waals surface area contributed by atoms with Crippen LogP contribution in [-0.4, -0.2) is 14.2 Å². The minimum atomic E-state index is 0.0810. The highest BCUT2D eigenvalue weighted by atomic mass is 16.5. The molecular formula is C14H24N2O2.